The van der Waals surface area contributed by atoms with Gasteiger partial charge in [-0.25, -0.2) is 13.9 Å². The Morgan fingerprint density at radius 3 is 2.65 bits per heavy atom. The molecule has 202 valence electrons. The lowest BCUT2D eigenvalue weighted by atomic mass is 10.0. The molecular weight excluding hydrogens is 515 g/mol. The second-order valence-electron chi connectivity index (χ2n) is 9.51. The van der Waals surface area contributed by atoms with Crippen molar-refractivity contribution < 1.29 is 19.0 Å². The molecule has 40 heavy (non-hydrogen) atoms. The molecule has 0 amide bonds. The van der Waals surface area contributed by atoms with Crippen molar-refractivity contribution in [2.75, 3.05) is 24.5 Å². The summed E-state index contributed by atoms with van der Waals surface area (Å²) in [6, 6.07) is 20.2. The van der Waals surface area contributed by atoms with Crippen LogP contribution in [0.4, 0.5) is 14.9 Å². The van der Waals surface area contributed by atoms with E-state index in [4.69, 9.17) is 4.74 Å². The molecule has 0 aliphatic carbocycles. The third-order valence-electron chi connectivity index (χ3n) is 6.99. The number of ether oxygens (including phenoxy) is 1. The zero-order chi connectivity index (χ0) is 27.6. The van der Waals surface area contributed by atoms with Gasteiger partial charge in [-0.05, 0) is 35.4 Å². The standard InChI is InChI=1S/C29H25FN6O4/c30-23-14-22-25(15-26(23)34-12-10-31-24(17-34)20-4-2-1-3-5-20)36(18-27(28(22)37)40-29(38)39)21-8-6-19(7-9-21)16-35-13-11-32-33-35/h1-9,11,13-15,18,24,31H,10,12,16-17H2,(H,38,39). The summed E-state index contributed by atoms with van der Waals surface area (Å²) in [7, 11) is 0. The van der Waals surface area contributed by atoms with Gasteiger partial charge in [-0.2, -0.15) is 0 Å². The topological polar surface area (TPSA) is 115 Å². The molecule has 0 saturated carbocycles. The molecule has 0 bridgehead atoms. The van der Waals surface area contributed by atoms with Crippen LogP contribution in [0.1, 0.15) is 17.2 Å². The van der Waals surface area contributed by atoms with E-state index in [9.17, 15) is 14.7 Å². The zero-order valence-corrected chi connectivity index (χ0v) is 21.3. The Kier molecular flexibility index (Phi) is 6.71. The number of anilines is 1. The summed E-state index contributed by atoms with van der Waals surface area (Å²) in [5.74, 6) is -0.981. The maximum atomic E-state index is 15.6. The van der Waals surface area contributed by atoms with E-state index in [0.29, 0.717) is 43.1 Å². The molecule has 2 N–H and O–H groups in total. The number of rotatable bonds is 6. The van der Waals surface area contributed by atoms with Gasteiger partial charge in [0.1, 0.15) is 5.82 Å². The molecule has 1 unspecified atom stereocenters. The summed E-state index contributed by atoms with van der Waals surface area (Å²) in [6.45, 7) is 2.28. The second kappa shape index (κ2) is 10.6. The van der Waals surface area contributed by atoms with Gasteiger partial charge in [-0.15, -0.1) is 5.10 Å². The number of hydrogen-bond acceptors (Lipinski definition) is 7. The number of benzene rings is 3. The van der Waals surface area contributed by atoms with E-state index in [1.54, 1.807) is 27.7 Å². The normalized spacial score (nSPS) is 15.3. The molecule has 1 aliphatic rings. The highest BCUT2D eigenvalue weighted by Crippen LogP contribution is 2.30. The maximum absolute atomic E-state index is 15.6. The lowest BCUT2D eigenvalue weighted by Crippen LogP contribution is -2.46. The molecule has 11 heteroatoms. The molecule has 1 saturated heterocycles. The highest BCUT2D eigenvalue weighted by atomic mass is 19.1. The van der Waals surface area contributed by atoms with Gasteiger partial charge in [0.05, 0.1) is 35.5 Å². The van der Waals surface area contributed by atoms with Crippen molar-refractivity contribution in [2.45, 2.75) is 12.6 Å². The molecule has 1 atom stereocenters. The van der Waals surface area contributed by atoms with Gasteiger partial charge in [0.15, 0.2) is 5.75 Å². The molecule has 3 aromatic carbocycles. The molecule has 3 heterocycles. The van der Waals surface area contributed by atoms with Gasteiger partial charge in [-0.1, -0.05) is 47.7 Å². The van der Waals surface area contributed by atoms with Crippen LogP contribution in [0.5, 0.6) is 5.75 Å². The SMILES string of the molecule is O=C(O)Oc1cn(-c2ccc(Cn3ccnn3)cc2)c2cc(N3CCNC(c4ccccc4)C3)c(F)cc2c1=O. The van der Waals surface area contributed by atoms with Crippen LogP contribution in [0, 0.1) is 5.82 Å². The number of pyridine rings is 1. The molecular formula is C29H25FN6O4. The lowest BCUT2D eigenvalue weighted by molar-refractivity contribution is 0.144. The number of carboxylic acid groups (broad SMARTS) is 1. The van der Waals surface area contributed by atoms with E-state index < -0.39 is 23.2 Å². The number of halogens is 1. The van der Waals surface area contributed by atoms with Gasteiger partial charge < -0.3 is 24.6 Å². The van der Waals surface area contributed by atoms with E-state index >= 15 is 4.39 Å². The molecule has 6 rings (SSSR count). The first-order chi connectivity index (χ1) is 19.5. The Bertz CT molecular complexity index is 1720. The molecule has 10 nitrogen and oxygen atoms in total. The first-order valence-corrected chi connectivity index (χ1v) is 12.7. The Labute approximate surface area is 227 Å². The van der Waals surface area contributed by atoms with Crippen LogP contribution in [0.25, 0.3) is 16.6 Å². The summed E-state index contributed by atoms with van der Waals surface area (Å²) in [5.41, 5.74) is 2.79. The summed E-state index contributed by atoms with van der Waals surface area (Å²) in [4.78, 5) is 26.4. The summed E-state index contributed by atoms with van der Waals surface area (Å²) in [5, 5.41) is 20.5. The van der Waals surface area contributed by atoms with Crippen LogP contribution < -0.4 is 20.4 Å². The van der Waals surface area contributed by atoms with Crippen LogP contribution in [-0.2, 0) is 6.54 Å². The molecule has 1 fully saturated rings. The first-order valence-electron chi connectivity index (χ1n) is 12.7. The highest BCUT2D eigenvalue weighted by molar-refractivity contribution is 5.86. The molecule has 1 aliphatic heterocycles. The molecule has 5 aromatic rings. The summed E-state index contributed by atoms with van der Waals surface area (Å²) < 4.78 is 23.7. The van der Waals surface area contributed by atoms with E-state index in [0.717, 1.165) is 17.2 Å². The monoisotopic (exact) mass is 540 g/mol. The average molecular weight is 541 g/mol. The van der Waals surface area contributed by atoms with Crippen molar-refractivity contribution in [2.24, 2.45) is 0 Å². The van der Waals surface area contributed by atoms with Crippen molar-refractivity contribution in [1.29, 1.82) is 0 Å². The van der Waals surface area contributed by atoms with Crippen LogP contribution in [0.2, 0.25) is 0 Å². The highest BCUT2D eigenvalue weighted by Gasteiger charge is 2.25. The fraction of sp³-hybridized carbons (Fsp3) is 0.172. The number of nitrogens with zero attached hydrogens (tertiary/aromatic N) is 5. The van der Waals surface area contributed by atoms with Gasteiger partial charge in [0.25, 0.3) is 0 Å². The Morgan fingerprint density at radius 1 is 1.12 bits per heavy atom. The Balaban J connectivity index is 1.43. The first kappa shape index (κ1) is 25.3. The van der Waals surface area contributed by atoms with Crippen LogP contribution in [-0.4, -0.2) is 50.5 Å². The number of carbonyl (C=O) groups is 1. The van der Waals surface area contributed by atoms with Crippen molar-refractivity contribution in [3.05, 3.63) is 112 Å². The van der Waals surface area contributed by atoms with Gasteiger partial charge in [0, 0.05) is 37.6 Å². The van der Waals surface area contributed by atoms with Crippen molar-refractivity contribution >= 4 is 22.7 Å². The predicted molar refractivity (Wildman–Crippen MR) is 147 cm³/mol. The molecule has 2 aromatic heterocycles. The largest absolute Gasteiger partial charge is 0.511 e. The van der Waals surface area contributed by atoms with Crippen LogP contribution in [0.3, 0.4) is 0 Å². The maximum Gasteiger partial charge on any atom is 0.511 e. The van der Waals surface area contributed by atoms with Crippen molar-refractivity contribution in [1.82, 2.24) is 24.9 Å². The smallest absolute Gasteiger partial charge is 0.449 e. The summed E-state index contributed by atoms with van der Waals surface area (Å²) >= 11 is 0. The van der Waals surface area contributed by atoms with E-state index in [-0.39, 0.29) is 11.4 Å². The lowest BCUT2D eigenvalue weighted by Gasteiger charge is -2.36. The molecule has 0 radical (unpaired) electrons. The number of nitrogens with one attached hydrogen (secondary N) is 1. The third kappa shape index (κ3) is 5.02. The van der Waals surface area contributed by atoms with Gasteiger partial charge in [-0.3, -0.25) is 4.79 Å². The minimum absolute atomic E-state index is 0.0103. The van der Waals surface area contributed by atoms with Crippen LogP contribution >= 0.6 is 0 Å². The summed E-state index contributed by atoms with van der Waals surface area (Å²) in [6.07, 6.45) is 3.06. The van der Waals surface area contributed by atoms with E-state index in [1.807, 2.05) is 59.5 Å². The van der Waals surface area contributed by atoms with Gasteiger partial charge >= 0.3 is 6.16 Å². The molecule has 0 spiro atoms. The van der Waals surface area contributed by atoms with E-state index in [1.165, 1.54) is 6.20 Å². The van der Waals surface area contributed by atoms with Crippen molar-refractivity contribution in [3.8, 4) is 11.4 Å². The van der Waals surface area contributed by atoms with Crippen molar-refractivity contribution in [3.63, 3.8) is 0 Å². The average Bonchev–Trinajstić information content (AvgIpc) is 3.48. The number of hydrogen-bond donors (Lipinski definition) is 2. The number of piperazine rings is 1. The van der Waals surface area contributed by atoms with Crippen LogP contribution in [0.15, 0.2) is 90.1 Å². The third-order valence-corrected chi connectivity index (χ3v) is 6.99. The number of fused-ring (bicyclic) bond motifs is 1. The minimum atomic E-state index is -1.63. The minimum Gasteiger partial charge on any atom is -0.449 e. The Hall–Kier alpha value is -5.03. The number of aromatic nitrogens is 4. The fourth-order valence-corrected chi connectivity index (χ4v) is 5.08. The quantitative estimate of drug-likeness (QED) is 0.311. The van der Waals surface area contributed by atoms with E-state index in [2.05, 4.69) is 15.6 Å². The van der Waals surface area contributed by atoms with Gasteiger partial charge in [0.2, 0.25) is 5.43 Å². The fourth-order valence-electron chi connectivity index (χ4n) is 5.08. The second-order valence-corrected chi connectivity index (χ2v) is 9.51. The zero-order valence-electron chi connectivity index (χ0n) is 21.3. The predicted octanol–water partition coefficient (Wildman–Crippen LogP) is 3.98. The Morgan fingerprint density at radius 2 is 1.93 bits per heavy atom.